The van der Waals surface area contributed by atoms with Crippen molar-refractivity contribution >= 4 is 27.5 Å². The molecule has 2 aromatic rings. The second-order valence-corrected chi connectivity index (χ2v) is 4.44. The normalized spacial score (nSPS) is 10.4. The Labute approximate surface area is 107 Å². The third kappa shape index (κ3) is 2.25. The van der Waals surface area contributed by atoms with E-state index in [0.717, 1.165) is 15.8 Å². The molecule has 4 heteroatoms. The Morgan fingerprint density at radius 3 is 2.81 bits per heavy atom. The van der Waals surface area contributed by atoms with Crippen LogP contribution in [0.2, 0.25) is 5.02 Å². The topological polar surface area (TPSA) is 22.4 Å². The molecule has 2 nitrogen and oxygen atoms in total. The van der Waals surface area contributed by atoms with Gasteiger partial charge < -0.3 is 9.15 Å². The monoisotopic (exact) mass is 300 g/mol. The maximum atomic E-state index is 6.13. The summed E-state index contributed by atoms with van der Waals surface area (Å²) in [5.74, 6) is 1.45. The van der Waals surface area contributed by atoms with Crippen LogP contribution in [0, 0.1) is 0 Å². The summed E-state index contributed by atoms with van der Waals surface area (Å²) in [5, 5.41) is 0.572. The molecule has 84 valence electrons. The number of halogens is 2. The van der Waals surface area contributed by atoms with E-state index in [-0.39, 0.29) is 0 Å². The van der Waals surface area contributed by atoms with Gasteiger partial charge in [-0.3, -0.25) is 0 Å². The van der Waals surface area contributed by atoms with E-state index in [1.807, 2.05) is 31.2 Å². The summed E-state index contributed by atoms with van der Waals surface area (Å²) in [6, 6.07) is 7.48. The smallest absolute Gasteiger partial charge is 0.152 e. The predicted octanol–water partition coefficient (Wildman–Crippen LogP) is 4.76. The minimum atomic E-state index is 0.572. The molecule has 0 fully saturated rings. The van der Waals surface area contributed by atoms with Gasteiger partial charge >= 0.3 is 0 Å². The van der Waals surface area contributed by atoms with E-state index >= 15 is 0 Å². The van der Waals surface area contributed by atoms with Crippen molar-refractivity contribution < 1.29 is 9.15 Å². The van der Waals surface area contributed by atoms with Crippen LogP contribution in [0.15, 0.2) is 39.4 Å². The SMILES string of the molecule is CCOc1c(Cl)cc(-c2ccco2)cc1Br. The third-order valence-electron chi connectivity index (χ3n) is 2.09. The fourth-order valence-electron chi connectivity index (χ4n) is 1.43. The number of rotatable bonds is 3. The minimum Gasteiger partial charge on any atom is -0.491 e. The van der Waals surface area contributed by atoms with Gasteiger partial charge in [-0.05, 0) is 47.1 Å². The van der Waals surface area contributed by atoms with Crippen molar-refractivity contribution in [1.82, 2.24) is 0 Å². The third-order valence-corrected chi connectivity index (χ3v) is 2.96. The molecule has 0 aliphatic rings. The molecule has 0 N–H and O–H groups in total. The molecule has 0 atom stereocenters. The lowest BCUT2D eigenvalue weighted by Gasteiger charge is -2.09. The van der Waals surface area contributed by atoms with Crippen LogP contribution in [-0.4, -0.2) is 6.61 Å². The fourth-order valence-corrected chi connectivity index (χ4v) is 2.39. The van der Waals surface area contributed by atoms with Crippen molar-refractivity contribution in [3.63, 3.8) is 0 Å². The molecule has 16 heavy (non-hydrogen) atoms. The second kappa shape index (κ2) is 4.93. The highest BCUT2D eigenvalue weighted by Gasteiger charge is 2.11. The summed E-state index contributed by atoms with van der Waals surface area (Å²) in [5.41, 5.74) is 0.922. The summed E-state index contributed by atoms with van der Waals surface area (Å²) in [6.45, 7) is 2.50. The molecule has 0 saturated heterocycles. The number of ether oxygens (including phenoxy) is 1. The van der Waals surface area contributed by atoms with Gasteiger partial charge in [0, 0.05) is 5.56 Å². The molecule has 1 aromatic heterocycles. The summed E-state index contributed by atoms with van der Waals surface area (Å²) in [7, 11) is 0. The summed E-state index contributed by atoms with van der Waals surface area (Å²) in [4.78, 5) is 0. The lowest BCUT2D eigenvalue weighted by Crippen LogP contribution is -1.93. The van der Waals surface area contributed by atoms with Crippen LogP contribution >= 0.6 is 27.5 Å². The minimum absolute atomic E-state index is 0.572. The second-order valence-electron chi connectivity index (χ2n) is 3.18. The van der Waals surface area contributed by atoms with Crippen LogP contribution in [0.25, 0.3) is 11.3 Å². The quantitative estimate of drug-likeness (QED) is 0.815. The fraction of sp³-hybridized carbons (Fsp3) is 0.167. The predicted molar refractivity (Wildman–Crippen MR) is 68.0 cm³/mol. The van der Waals surface area contributed by atoms with E-state index in [9.17, 15) is 0 Å². The first-order valence-corrected chi connectivity index (χ1v) is 6.05. The Kier molecular flexibility index (Phi) is 3.56. The lowest BCUT2D eigenvalue weighted by molar-refractivity contribution is 0.338. The molecular formula is C12H10BrClO2. The molecule has 0 spiro atoms. The van der Waals surface area contributed by atoms with Gasteiger partial charge in [-0.25, -0.2) is 0 Å². The Morgan fingerprint density at radius 1 is 1.44 bits per heavy atom. The van der Waals surface area contributed by atoms with Crippen molar-refractivity contribution in [3.05, 3.63) is 40.0 Å². The Hall–Kier alpha value is -0.930. The Morgan fingerprint density at radius 2 is 2.25 bits per heavy atom. The van der Waals surface area contributed by atoms with E-state index in [1.54, 1.807) is 6.26 Å². The van der Waals surface area contributed by atoms with Gasteiger partial charge in [0.25, 0.3) is 0 Å². The van der Waals surface area contributed by atoms with Crippen LogP contribution in [0.1, 0.15) is 6.92 Å². The van der Waals surface area contributed by atoms with Crippen molar-refractivity contribution in [2.75, 3.05) is 6.61 Å². The van der Waals surface area contributed by atoms with Crippen LogP contribution in [-0.2, 0) is 0 Å². The highest BCUT2D eigenvalue weighted by molar-refractivity contribution is 9.10. The van der Waals surface area contributed by atoms with Crippen molar-refractivity contribution in [3.8, 4) is 17.1 Å². The maximum absolute atomic E-state index is 6.13. The van der Waals surface area contributed by atoms with E-state index < -0.39 is 0 Å². The Bertz CT molecular complexity index is 457. The molecule has 0 aliphatic heterocycles. The molecule has 2 rings (SSSR count). The van der Waals surface area contributed by atoms with Crippen molar-refractivity contribution in [2.45, 2.75) is 6.92 Å². The summed E-state index contributed by atoms with van der Waals surface area (Å²) in [6.07, 6.45) is 1.63. The van der Waals surface area contributed by atoms with Crippen LogP contribution in [0.3, 0.4) is 0 Å². The number of hydrogen-bond donors (Lipinski definition) is 0. The van der Waals surface area contributed by atoms with Crippen LogP contribution in [0.4, 0.5) is 0 Å². The molecule has 0 unspecified atom stereocenters. The maximum Gasteiger partial charge on any atom is 0.152 e. The van der Waals surface area contributed by atoms with Crippen LogP contribution < -0.4 is 4.74 Å². The summed E-state index contributed by atoms with van der Waals surface area (Å²) >= 11 is 9.57. The zero-order valence-electron chi connectivity index (χ0n) is 8.67. The average molecular weight is 302 g/mol. The van der Waals surface area contributed by atoms with Crippen molar-refractivity contribution in [1.29, 1.82) is 0 Å². The molecule has 1 aromatic carbocycles. The molecule has 0 saturated carbocycles. The van der Waals surface area contributed by atoms with Gasteiger partial charge in [0.05, 0.1) is 22.4 Å². The van der Waals surface area contributed by atoms with Gasteiger partial charge in [0.15, 0.2) is 5.75 Å². The lowest BCUT2D eigenvalue weighted by atomic mass is 10.1. The standard InChI is InChI=1S/C12H10BrClO2/c1-2-15-12-9(13)6-8(7-10(12)14)11-4-3-5-16-11/h3-7H,2H2,1H3. The molecule has 0 amide bonds. The van der Waals surface area contributed by atoms with Gasteiger partial charge in [-0.1, -0.05) is 11.6 Å². The van der Waals surface area contributed by atoms with Crippen LogP contribution in [0.5, 0.6) is 5.75 Å². The molecule has 0 bridgehead atoms. The zero-order chi connectivity index (χ0) is 11.5. The number of hydrogen-bond acceptors (Lipinski definition) is 2. The first-order chi connectivity index (χ1) is 7.72. The van der Waals surface area contributed by atoms with Crippen molar-refractivity contribution in [2.24, 2.45) is 0 Å². The first kappa shape index (κ1) is 11.6. The van der Waals surface area contributed by atoms with E-state index in [4.69, 9.17) is 20.8 Å². The highest BCUT2D eigenvalue weighted by atomic mass is 79.9. The first-order valence-electron chi connectivity index (χ1n) is 4.88. The summed E-state index contributed by atoms with van der Waals surface area (Å²) < 4.78 is 11.6. The number of benzene rings is 1. The van der Waals surface area contributed by atoms with Gasteiger partial charge in [-0.15, -0.1) is 0 Å². The van der Waals surface area contributed by atoms with E-state index in [1.165, 1.54) is 0 Å². The number of furan rings is 1. The molecule has 0 radical (unpaired) electrons. The molecule has 1 heterocycles. The molecular weight excluding hydrogens is 291 g/mol. The molecule has 0 aliphatic carbocycles. The largest absolute Gasteiger partial charge is 0.491 e. The average Bonchev–Trinajstić information content (AvgIpc) is 2.76. The van der Waals surface area contributed by atoms with Gasteiger partial charge in [0.2, 0.25) is 0 Å². The van der Waals surface area contributed by atoms with E-state index in [0.29, 0.717) is 17.4 Å². The van der Waals surface area contributed by atoms with E-state index in [2.05, 4.69) is 15.9 Å². The van der Waals surface area contributed by atoms with Gasteiger partial charge in [-0.2, -0.15) is 0 Å². The zero-order valence-corrected chi connectivity index (χ0v) is 11.0. The Balaban J connectivity index is 2.45. The van der Waals surface area contributed by atoms with Gasteiger partial charge in [0.1, 0.15) is 5.76 Å². The highest BCUT2D eigenvalue weighted by Crippen LogP contribution is 2.37.